The van der Waals surface area contributed by atoms with Gasteiger partial charge >= 0.3 is 5.97 Å². The molecule has 3 nitrogen and oxygen atoms in total. The molecule has 0 amide bonds. The average molecular weight is 189 g/mol. The molecule has 0 aromatic rings. The molecule has 0 spiro atoms. The van der Waals surface area contributed by atoms with Crippen molar-refractivity contribution in [3.05, 3.63) is 0 Å². The molecule has 0 aromatic heterocycles. The number of carboxylic acids is 1. The van der Waals surface area contributed by atoms with Gasteiger partial charge < -0.3 is 5.11 Å². The molecule has 70 valence electrons. The molecule has 12 heavy (non-hydrogen) atoms. The first-order valence-electron chi connectivity index (χ1n) is 4.19. The van der Waals surface area contributed by atoms with Crippen LogP contribution in [0, 0.1) is 5.92 Å². The van der Waals surface area contributed by atoms with Gasteiger partial charge in [0, 0.05) is 18.8 Å². The van der Waals surface area contributed by atoms with Crippen molar-refractivity contribution in [2.45, 2.75) is 19.2 Å². The first-order chi connectivity index (χ1) is 5.61. The zero-order chi connectivity index (χ0) is 9.14. The molecule has 1 rings (SSSR count). The third-order valence-corrected chi connectivity index (χ3v) is 3.03. The van der Waals surface area contributed by atoms with E-state index >= 15 is 0 Å². The fraction of sp³-hybridized carbons (Fsp3) is 0.875. The van der Waals surface area contributed by atoms with E-state index in [1.807, 2.05) is 4.90 Å². The van der Waals surface area contributed by atoms with Crippen molar-refractivity contribution in [3.8, 4) is 0 Å². The van der Waals surface area contributed by atoms with Gasteiger partial charge in [0.15, 0.2) is 5.37 Å². The Kier molecular flexibility index (Phi) is 3.40. The van der Waals surface area contributed by atoms with E-state index in [1.54, 1.807) is 0 Å². The minimum atomic E-state index is -0.696. The summed E-state index contributed by atoms with van der Waals surface area (Å²) in [7, 11) is 0. The summed E-state index contributed by atoms with van der Waals surface area (Å²) in [5, 5.41) is 8.54. The quantitative estimate of drug-likeness (QED) is 0.722. The summed E-state index contributed by atoms with van der Waals surface area (Å²) >= 11 is 1.53. The summed E-state index contributed by atoms with van der Waals surface area (Å²) in [5.41, 5.74) is 0. The van der Waals surface area contributed by atoms with Crippen LogP contribution in [0.3, 0.4) is 0 Å². The Labute approximate surface area is 77.1 Å². The summed E-state index contributed by atoms with van der Waals surface area (Å²) in [6, 6.07) is 0. The van der Waals surface area contributed by atoms with Crippen LogP contribution in [0.1, 0.15) is 13.8 Å². The molecule has 1 fully saturated rings. The molecule has 1 saturated heterocycles. The zero-order valence-corrected chi connectivity index (χ0v) is 8.30. The Morgan fingerprint density at radius 3 is 2.92 bits per heavy atom. The highest BCUT2D eigenvalue weighted by Gasteiger charge is 2.30. The lowest BCUT2D eigenvalue weighted by Gasteiger charge is -2.21. The van der Waals surface area contributed by atoms with Crippen molar-refractivity contribution < 1.29 is 9.90 Å². The van der Waals surface area contributed by atoms with Crippen molar-refractivity contribution in [2.75, 3.05) is 18.8 Å². The largest absolute Gasteiger partial charge is 0.479 e. The minimum absolute atomic E-state index is 0.299. The van der Waals surface area contributed by atoms with Crippen LogP contribution in [-0.4, -0.2) is 40.2 Å². The molecule has 0 radical (unpaired) electrons. The molecule has 0 saturated carbocycles. The summed E-state index contributed by atoms with van der Waals surface area (Å²) in [6.45, 7) is 6.04. The van der Waals surface area contributed by atoms with Crippen molar-refractivity contribution in [2.24, 2.45) is 5.92 Å². The molecule has 1 N–H and O–H groups in total. The predicted octanol–water partition coefficient (Wildman–Crippen LogP) is 1.10. The molecule has 0 bridgehead atoms. The summed E-state index contributed by atoms with van der Waals surface area (Å²) in [5.74, 6) is 0.799. The number of carboxylic acid groups (broad SMARTS) is 1. The SMILES string of the molecule is CC(C)CN1CCSC1C(=O)O. The average Bonchev–Trinajstić information content (AvgIpc) is 2.33. The number of nitrogens with zero attached hydrogens (tertiary/aromatic N) is 1. The summed E-state index contributed by atoms with van der Waals surface area (Å²) in [6.07, 6.45) is 0. The van der Waals surface area contributed by atoms with Crippen molar-refractivity contribution >= 4 is 17.7 Å². The molecular weight excluding hydrogens is 174 g/mol. The molecule has 0 aromatic carbocycles. The number of hydrogen-bond acceptors (Lipinski definition) is 3. The van der Waals surface area contributed by atoms with E-state index in [1.165, 1.54) is 11.8 Å². The standard InChI is InChI=1S/C8H15NO2S/c1-6(2)5-9-3-4-12-7(9)8(10)11/h6-7H,3-5H2,1-2H3,(H,10,11). The highest BCUT2D eigenvalue weighted by Crippen LogP contribution is 2.24. The van der Waals surface area contributed by atoms with Gasteiger partial charge in [0.1, 0.15) is 0 Å². The van der Waals surface area contributed by atoms with Crippen LogP contribution in [0.2, 0.25) is 0 Å². The lowest BCUT2D eigenvalue weighted by Crippen LogP contribution is -2.36. The van der Waals surface area contributed by atoms with Crippen LogP contribution in [0.4, 0.5) is 0 Å². The fourth-order valence-electron chi connectivity index (χ4n) is 1.39. The Morgan fingerprint density at radius 1 is 1.75 bits per heavy atom. The maximum atomic E-state index is 10.7. The highest BCUT2D eigenvalue weighted by molar-refractivity contribution is 8.00. The second-order valence-corrected chi connectivity index (χ2v) is 4.64. The van der Waals surface area contributed by atoms with Crippen molar-refractivity contribution in [1.29, 1.82) is 0 Å². The van der Waals surface area contributed by atoms with E-state index in [0.29, 0.717) is 5.92 Å². The molecule has 1 unspecified atom stereocenters. The Bertz CT molecular complexity index is 172. The molecular formula is C8H15NO2S. The molecule has 1 aliphatic heterocycles. The van der Waals surface area contributed by atoms with Gasteiger partial charge in [0.05, 0.1) is 0 Å². The van der Waals surface area contributed by atoms with E-state index in [0.717, 1.165) is 18.8 Å². The lowest BCUT2D eigenvalue weighted by molar-refractivity contribution is -0.139. The highest BCUT2D eigenvalue weighted by atomic mass is 32.2. The van der Waals surface area contributed by atoms with Gasteiger partial charge in [0.25, 0.3) is 0 Å². The Morgan fingerprint density at radius 2 is 2.42 bits per heavy atom. The number of hydrogen-bond donors (Lipinski definition) is 1. The van der Waals surface area contributed by atoms with Crippen LogP contribution >= 0.6 is 11.8 Å². The number of aliphatic carboxylic acids is 1. The van der Waals surface area contributed by atoms with Gasteiger partial charge in [-0.15, -0.1) is 11.8 Å². The van der Waals surface area contributed by atoms with Crippen molar-refractivity contribution in [3.63, 3.8) is 0 Å². The third-order valence-electron chi connectivity index (χ3n) is 1.80. The van der Waals surface area contributed by atoms with Gasteiger partial charge in [-0.3, -0.25) is 4.90 Å². The first kappa shape index (κ1) is 9.86. The third kappa shape index (κ3) is 2.38. The van der Waals surface area contributed by atoms with Gasteiger partial charge in [-0.25, -0.2) is 4.79 Å². The van der Waals surface area contributed by atoms with E-state index < -0.39 is 5.97 Å². The molecule has 1 atom stereocenters. The molecule has 4 heteroatoms. The fourth-order valence-corrected chi connectivity index (χ4v) is 2.50. The number of rotatable bonds is 3. The van der Waals surface area contributed by atoms with Gasteiger partial charge in [-0.2, -0.15) is 0 Å². The van der Waals surface area contributed by atoms with Gasteiger partial charge in [-0.1, -0.05) is 13.8 Å². The Hall–Kier alpha value is -0.220. The number of carbonyl (C=O) groups is 1. The summed E-state index contributed by atoms with van der Waals surface area (Å²) < 4.78 is 0. The second kappa shape index (κ2) is 4.14. The smallest absolute Gasteiger partial charge is 0.331 e. The van der Waals surface area contributed by atoms with Crippen LogP contribution in [-0.2, 0) is 4.79 Å². The van der Waals surface area contributed by atoms with E-state index in [2.05, 4.69) is 13.8 Å². The lowest BCUT2D eigenvalue weighted by atomic mass is 10.2. The van der Waals surface area contributed by atoms with Crippen LogP contribution < -0.4 is 0 Å². The van der Waals surface area contributed by atoms with E-state index in [4.69, 9.17) is 5.11 Å². The second-order valence-electron chi connectivity index (χ2n) is 3.45. The normalized spacial score (nSPS) is 25.1. The maximum absolute atomic E-state index is 10.7. The monoisotopic (exact) mass is 189 g/mol. The van der Waals surface area contributed by atoms with Gasteiger partial charge in [0.2, 0.25) is 0 Å². The molecule has 0 aliphatic carbocycles. The van der Waals surface area contributed by atoms with Gasteiger partial charge in [-0.05, 0) is 5.92 Å². The topological polar surface area (TPSA) is 40.5 Å². The predicted molar refractivity (Wildman–Crippen MR) is 50.3 cm³/mol. The molecule has 1 aliphatic rings. The van der Waals surface area contributed by atoms with Crippen LogP contribution in [0.15, 0.2) is 0 Å². The van der Waals surface area contributed by atoms with Crippen LogP contribution in [0.5, 0.6) is 0 Å². The molecule has 1 heterocycles. The Balaban J connectivity index is 2.46. The summed E-state index contributed by atoms with van der Waals surface area (Å²) in [4.78, 5) is 12.8. The van der Waals surface area contributed by atoms with E-state index in [-0.39, 0.29) is 5.37 Å². The number of thioether (sulfide) groups is 1. The first-order valence-corrected chi connectivity index (χ1v) is 5.24. The zero-order valence-electron chi connectivity index (χ0n) is 7.49. The van der Waals surface area contributed by atoms with Crippen LogP contribution in [0.25, 0.3) is 0 Å². The maximum Gasteiger partial charge on any atom is 0.331 e. The van der Waals surface area contributed by atoms with Crippen molar-refractivity contribution in [1.82, 2.24) is 4.90 Å². The van der Waals surface area contributed by atoms with E-state index in [9.17, 15) is 4.79 Å². The minimum Gasteiger partial charge on any atom is -0.479 e.